The molecule has 0 fully saturated rings. The highest BCUT2D eigenvalue weighted by molar-refractivity contribution is 5.79. The Balaban J connectivity index is 3.94. The monoisotopic (exact) mass is 219 g/mol. The van der Waals surface area contributed by atoms with Crippen LogP contribution in [0.5, 0.6) is 0 Å². The normalized spacial score (nSPS) is 12.3. The van der Waals surface area contributed by atoms with Gasteiger partial charge in [-0.1, -0.05) is 13.8 Å². The summed E-state index contributed by atoms with van der Waals surface area (Å²) in [6, 6.07) is -1.07. The third-order valence-corrected chi connectivity index (χ3v) is 1.47. The van der Waals surface area contributed by atoms with Gasteiger partial charge in [-0.15, -0.1) is 0 Å². The minimum atomic E-state index is -1.15. The predicted molar refractivity (Wildman–Crippen MR) is 52.6 cm³/mol. The van der Waals surface area contributed by atoms with Crippen molar-refractivity contribution >= 4 is 12.1 Å². The number of amides is 1. The van der Waals surface area contributed by atoms with Gasteiger partial charge in [0.25, 0.3) is 0 Å². The number of alkyl carbamates (subject to hydrolysis) is 1. The number of aliphatic carboxylic acids is 1. The standard InChI is InChI=1S/C9H17NO5/c1-6(2)4-15-9(13)10-7(5-14-3)8(11)12/h6-7H,4-5H2,1-3H3,(H,10,13)(H,11,12)/t7-/m1/s1. The maximum Gasteiger partial charge on any atom is 0.407 e. The topological polar surface area (TPSA) is 84.9 Å². The van der Waals surface area contributed by atoms with Gasteiger partial charge in [0.05, 0.1) is 13.2 Å². The van der Waals surface area contributed by atoms with E-state index in [1.54, 1.807) is 0 Å². The first-order valence-electron chi connectivity index (χ1n) is 4.62. The summed E-state index contributed by atoms with van der Waals surface area (Å²) in [4.78, 5) is 21.7. The summed E-state index contributed by atoms with van der Waals surface area (Å²) in [7, 11) is 1.36. The molecule has 1 amide bonds. The second-order valence-corrected chi connectivity index (χ2v) is 3.48. The molecule has 0 saturated heterocycles. The Kier molecular flexibility index (Phi) is 6.44. The lowest BCUT2D eigenvalue weighted by Gasteiger charge is -2.14. The molecular formula is C9H17NO5. The molecule has 1 atom stereocenters. The molecule has 0 unspecified atom stereocenters. The second-order valence-electron chi connectivity index (χ2n) is 3.48. The van der Waals surface area contributed by atoms with E-state index < -0.39 is 18.1 Å². The first-order valence-corrected chi connectivity index (χ1v) is 4.62. The van der Waals surface area contributed by atoms with Crippen LogP contribution < -0.4 is 5.32 Å². The third kappa shape index (κ3) is 6.73. The number of carboxylic acid groups (broad SMARTS) is 1. The first-order chi connectivity index (χ1) is 6.97. The van der Waals surface area contributed by atoms with E-state index in [-0.39, 0.29) is 19.1 Å². The Labute approximate surface area is 88.6 Å². The first kappa shape index (κ1) is 13.7. The summed E-state index contributed by atoms with van der Waals surface area (Å²) < 4.78 is 9.40. The average molecular weight is 219 g/mol. The number of rotatable bonds is 6. The minimum Gasteiger partial charge on any atom is -0.480 e. The number of ether oxygens (including phenoxy) is 2. The van der Waals surface area contributed by atoms with E-state index in [1.807, 2.05) is 13.8 Å². The molecule has 0 heterocycles. The van der Waals surface area contributed by atoms with Crippen LogP contribution in [-0.4, -0.2) is 43.5 Å². The van der Waals surface area contributed by atoms with E-state index in [9.17, 15) is 9.59 Å². The maximum absolute atomic E-state index is 11.1. The van der Waals surface area contributed by atoms with Gasteiger partial charge in [0.1, 0.15) is 0 Å². The van der Waals surface area contributed by atoms with E-state index in [1.165, 1.54) is 7.11 Å². The van der Waals surface area contributed by atoms with Crippen LogP contribution in [0, 0.1) is 5.92 Å². The molecule has 0 radical (unpaired) electrons. The van der Waals surface area contributed by atoms with Crippen molar-refractivity contribution in [2.75, 3.05) is 20.3 Å². The average Bonchev–Trinajstić information content (AvgIpc) is 2.14. The van der Waals surface area contributed by atoms with Crippen molar-refractivity contribution < 1.29 is 24.2 Å². The van der Waals surface area contributed by atoms with Crippen LogP contribution in [0.2, 0.25) is 0 Å². The Morgan fingerprint density at radius 2 is 1.93 bits per heavy atom. The highest BCUT2D eigenvalue weighted by Gasteiger charge is 2.20. The van der Waals surface area contributed by atoms with Gasteiger partial charge in [-0.2, -0.15) is 0 Å². The van der Waals surface area contributed by atoms with Crippen molar-refractivity contribution in [3.05, 3.63) is 0 Å². The third-order valence-electron chi connectivity index (χ3n) is 1.47. The number of carboxylic acids is 1. The van der Waals surface area contributed by atoms with Gasteiger partial charge in [0, 0.05) is 7.11 Å². The van der Waals surface area contributed by atoms with E-state index in [0.717, 1.165) is 0 Å². The molecule has 0 saturated carbocycles. The zero-order valence-corrected chi connectivity index (χ0v) is 9.15. The molecule has 6 nitrogen and oxygen atoms in total. The van der Waals surface area contributed by atoms with Crippen LogP contribution in [0.1, 0.15) is 13.8 Å². The number of nitrogens with one attached hydrogen (secondary N) is 1. The van der Waals surface area contributed by atoms with E-state index >= 15 is 0 Å². The summed E-state index contributed by atoms with van der Waals surface area (Å²) >= 11 is 0. The van der Waals surface area contributed by atoms with E-state index in [0.29, 0.717) is 0 Å². The molecule has 0 aromatic heterocycles. The lowest BCUT2D eigenvalue weighted by Crippen LogP contribution is -2.44. The summed E-state index contributed by atoms with van der Waals surface area (Å²) in [5, 5.41) is 10.9. The van der Waals surface area contributed by atoms with Gasteiger partial charge < -0.3 is 19.9 Å². The maximum atomic E-state index is 11.1. The van der Waals surface area contributed by atoms with Crippen molar-refractivity contribution in [3.8, 4) is 0 Å². The molecular weight excluding hydrogens is 202 g/mol. The second kappa shape index (κ2) is 7.05. The largest absolute Gasteiger partial charge is 0.480 e. The van der Waals surface area contributed by atoms with Crippen LogP contribution in [-0.2, 0) is 14.3 Å². The predicted octanol–water partition coefficient (Wildman–Crippen LogP) is 0.468. The van der Waals surface area contributed by atoms with Crippen LogP contribution in [0.15, 0.2) is 0 Å². The minimum absolute atomic E-state index is 0.0912. The van der Waals surface area contributed by atoms with Crippen molar-refractivity contribution in [3.63, 3.8) is 0 Å². The fourth-order valence-electron chi connectivity index (χ4n) is 0.768. The Morgan fingerprint density at radius 3 is 2.33 bits per heavy atom. The number of carbonyl (C=O) groups is 2. The molecule has 0 aromatic carbocycles. The highest BCUT2D eigenvalue weighted by atomic mass is 16.5. The fourth-order valence-corrected chi connectivity index (χ4v) is 0.768. The van der Waals surface area contributed by atoms with Crippen molar-refractivity contribution in [1.82, 2.24) is 5.32 Å². The molecule has 0 aromatic rings. The summed E-state index contributed by atoms with van der Waals surface area (Å²) in [5.74, 6) is -0.945. The van der Waals surface area contributed by atoms with Crippen LogP contribution in [0.3, 0.4) is 0 Å². The number of hydrogen-bond donors (Lipinski definition) is 2. The van der Waals surface area contributed by atoms with Gasteiger partial charge in [-0.05, 0) is 5.92 Å². The SMILES string of the molecule is COC[C@@H](NC(=O)OCC(C)C)C(=O)O. The number of carbonyl (C=O) groups excluding carboxylic acids is 1. The Bertz CT molecular complexity index is 217. The molecule has 0 spiro atoms. The molecule has 0 aliphatic heterocycles. The zero-order chi connectivity index (χ0) is 11.8. The lowest BCUT2D eigenvalue weighted by atomic mass is 10.2. The van der Waals surface area contributed by atoms with E-state index in [4.69, 9.17) is 9.84 Å². The number of methoxy groups -OCH3 is 1. The van der Waals surface area contributed by atoms with Crippen LogP contribution >= 0.6 is 0 Å². The summed E-state index contributed by atoms with van der Waals surface area (Å²) in [5.41, 5.74) is 0. The molecule has 2 N–H and O–H groups in total. The Morgan fingerprint density at radius 1 is 1.33 bits per heavy atom. The van der Waals surface area contributed by atoms with Gasteiger partial charge in [-0.3, -0.25) is 0 Å². The van der Waals surface area contributed by atoms with E-state index in [2.05, 4.69) is 10.1 Å². The molecule has 0 bridgehead atoms. The van der Waals surface area contributed by atoms with Crippen molar-refractivity contribution in [2.24, 2.45) is 5.92 Å². The van der Waals surface area contributed by atoms with Crippen LogP contribution in [0.25, 0.3) is 0 Å². The molecule has 0 rings (SSSR count). The molecule has 0 aliphatic rings. The zero-order valence-electron chi connectivity index (χ0n) is 9.15. The molecule has 0 aliphatic carbocycles. The lowest BCUT2D eigenvalue weighted by molar-refractivity contribution is -0.140. The van der Waals surface area contributed by atoms with Gasteiger partial charge in [0.15, 0.2) is 6.04 Å². The highest BCUT2D eigenvalue weighted by Crippen LogP contribution is 1.94. The molecule has 15 heavy (non-hydrogen) atoms. The summed E-state index contributed by atoms with van der Waals surface area (Å²) in [6.07, 6.45) is -0.742. The molecule has 88 valence electrons. The smallest absolute Gasteiger partial charge is 0.407 e. The quantitative estimate of drug-likeness (QED) is 0.678. The van der Waals surface area contributed by atoms with Gasteiger partial charge in [-0.25, -0.2) is 9.59 Å². The van der Waals surface area contributed by atoms with Crippen LogP contribution in [0.4, 0.5) is 4.79 Å². The van der Waals surface area contributed by atoms with Crippen molar-refractivity contribution in [2.45, 2.75) is 19.9 Å². The number of hydrogen-bond acceptors (Lipinski definition) is 4. The van der Waals surface area contributed by atoms with Crippen molar-refractivity contribution in [1.29, 1.82) is 0 Å². The fraction of sp³-hybridized carbons (Fsp3) is 0.778. The van der Waals surface area contributed by atoms with Gasteiger partial charge in [0.2, 0.25) is 0 Å². The van der Waals surface area contributed by atoms with Gasteiger partial charge >= 0.3 is 12.1 Å². The molecule has 6 heteroatoms. The Hall–Kier alpha value is -1.30. The summed E-state index contributed by atoms with van der Waals surface area (Å²) in [6.45, 7) is 3.94.